The van der Waals surface area contributed by atoms with Crippen LogP contribution in [0.1, 0.15) is 12.0 Å². The van der Waals surface area contributed by atoms with E-state index < -0.39 is 10.0 Å². The first-order valence-corrected chi connectivity index (χ1v) is 7.69. The fourth-order valence-corrected chi connectivity index (χ4v) is 2.72. The zero-order chi connectivity index (χ0) is 14.8. The highest BCUT2D eigenvalue weighted by atomic mass is 32.2. The number of hydrogen-bond donors (Lipinski definition) is 0. The van der Waals surface area contributed by atoms with Crippen LogP contribution in [0.4, 0.5) is 0 Å². The van der Waals surface area contributed by atoms with Gasteiger partial charge in [-0.3, -0.25) is 0 Å². The van der Waals surface area contributed by atoms with Crippen LogP contribution in [0.15, 0.2) is 35.7 Å². The minimum absolute atomic E-state index is 0.155. The molecule has 0 amide bonds. The Hall–Kier alpha value is -1.68. The lowest BCUT2D eigenvalue weighted by atomic mass is 10.2. The minimum atomic E-state index is -3.54. The molecule has 20 heavy (non-hydrogen) atoms. The van der Waals surface area contributed by atoms with E-state index in [-0.39, 0.29) is 19.5 Å². The molecule has 108 valence electrons. The molecule has 0 bridgehead atoms. The average molecular weight is 294 g/mol. The van der Waals surface area contributed by atoms with E-state index in [0.717, 1.165) is 11.0 Å². The maximum absolute atomic E-state index is 12.2. The lowest BCUT2D eigenvalue weighted by Crippen LogP contribution is -2.33. The molecule has 1 aromatic carbocycles. The van der Waals surface area contributed by atoms with Gasteiger partial charge in [-0.25, -0.2) is 8.42 Å². The molecule has 0 aromatic heterocycles. The summed E-state index contributed by atoms with van der Waals surface area (Å²) in [5.74, 6) is 0. The Morgan fingerprint density at radius 1 is 1.30 bits per heavy atom. The van der Waals surface area contributed by atoms with Crippen LogP contribution in [0.2, 0.25) is 0 Å². The van der Waals surface area contributed by atoms with Gasteiger partial charge in [0.2, 0.25) is 10.0 Å². The van der Waals surface area contributed by atoms with Gasteiger partial charge in [0.25, 0.3) is 0 Å². The third-order valence-electron chi connectivity index (χ3n) is 2.61. The van der Waals surface area contributed by atoms with Crippen LogP contribution in [0.5, 0.6) is 0 Å². The van der Waals surface area contributed by atoms with Crippen molar-refractivity contribution >= 4 is 16.1 Å². The van der Waals surface area contributed by atoms with Gasteiger partial charge in [0.05, 0.1) is 12.7 Å². The fourth-order valence-electron chi connectivity index (χ4n) is 1.55. The molecule has 0 saturated carbocycles. The maximum Gasteiger partial charge on any atom is 0.236 e. The largest absolute Gasteiger partial charge is 0.383 e. The molecule has 0 radical (unpaired) electrons. The number of methoxy groups -OCH3 is 1. The summed E-state index contributed by atoms with van der Waals surface area (Å²) in [5, 5.41) is 9.76. The van der Waals surface area contributed by atoms with Crippen molar-refractivity contribution in [2.45, 2.75) is 6.42 Å². The number of nitrogens with zero attached hydrogens (tertiary/aromatic N) is 2. The number of nitriles is 1. The summed E-state index contributed by atoms with van der Waals surface area (Å²) in [4.78, 5) is 0. The number of rotatable bonds is 8. The first-order valence-electron chi connectivity index (χ1n) is 6.19. The molecule has 0 N–H and O–H groups in total. The van der Waals surface area contributed by atoms with Gasteiger partial charge in [-0.05, 0) is 11.6 Å². The highest BCUT2D eigenvalue weighted by Crippen LogP contribution is 2.08. The Morgan fingerprint density at radius 2 is 2.00 bits per heavy atom. The van der Waals surface area contributed by atoms with Crippen molar-refractivity contribution in [3.63, 3.8) is 0 Å². The molecule has 0 aliphatic heterocycles. The molecular formula is C14H18N2O3S. The maximum atomic E-state index is 12.2. The van der Waals surface area contributed by atoms with Crippen molar-refractivity contribution in [2.75, 3.05) is 26.8 Å². The molecule has 0 heterocycles. The van der Waals surface area contributed by atoms with Crippen LogP contribution in [0.25, 0.3) is 6.08 Å². The van der Waals surface area contributed by atoms with E-state index in [0.29, 0.717) is 6.61 Å². The summed E-state index contributed by atoms with van der Waals surface area (Å²) < 4.78 is 30.5. The molecule has 1 aromatic rings. The minimum Gasteiger partial charge on any atom is -0.383 e. The molecule has 0 spiro atoms. The second kappa shape index (κ2) is 8.48. The monoisotopic (exact) mass is 294 g/mol. The summed E-state index contributed by atoms with van der Waals surface area (Å²) in [6, 6.07) is 11.1. The van der Waals surface area contributed by atoms with Crippen LogP contribution in [-0.4, -0.2) is 39.5 Å². The smallest absolute Gasteiger partial charge is 0.236 e. The molecule has 0 saturated heterocycles. The fraction of sp³-hybridized carbons (Fsp3) is 0.357. The number of ether oxygens (including phenoxy) is 1. The second-order valence-electron chi connectivity index (χ2n) is 4.06. The summed E-state index contributed by atoms with van der Waals surface area (Å²) in [7, 11) is -2.03. The Morgan fingerprint density at radius 3 is 2.60 bits per heavy atom. The van der Waals surface area contributed by atoms with Crippen molar-refractivity contribution in [3.8, 4) is 6.07 Å². The Kier molecular flexibility index (Phi) is 6.94. The molecule has 1 rings (SSSR count). The van der Waals surface area contributed by atoms with E-state index in [4.69, 9.17) is 10.00 Å². The van der Waals surface area contributed by atoms with Gasteiger partial charge in [-0.2, -0.15) is 9.57 Å². The quantitative estimate of drug-likeness (QED) is 0.733. The van der Waals surface area contributed by atoms with Crippen LogP contribution in [-0.2, 0) is 14.8 Å². The van der Waals surface area contributed by atoms with Crippen LogP contribution >= 0.6 is 0 Å². The van der Waals surface area contributed by atoms with Crippen molar-refractivity contribution in [2.24, 2.45) is 0 Å². The van der Waals surface area contributed by atoms with Crippen molar-refractivity contribution in [1.29, 1.82) is 5.26 Å². The summed E-state index contributed by atoms with van der Waals surface area (Å²) in [6.45, 7) is 0.699. The highest BCUT2D eigenvalue weighted by Gasteiger charge is 2.18. The zero-order valence-corrected chi connectivity index (χ0v) is 12.2. The van der Waals surface area contributed by atoms with E-state index in [1.165, 1.54) is 11.4 Å². The lowest BCUT2D eigenvalue weighted by molar-refractivity contribution is 0.180. The topological polar surface area (TPSA) is 70.4 Å². The van der Waals surface area contributed by atoms with Gasteiger partial charge in [0.1, 0.15) is 0 Å². The summed E-state index contributed by atoms with van der Waals surface area (Å²) in [6.07, 6.45) is 1.70. The first-order chi connectivity index (χ1) is 9.60. The Bertz CT molecular complexity index is 562. The Balaban J connectivity index is 2.81. The third kappa shape index (κ3) is 5.53. The molecule has 6 heteroatoms. The van der Waals surface area contributed by atoms with Crippen molar-refractivity contribution < 1.29 is 13.2 Å². The summed E-state index contributed by atoms with van der Waals surface area (Å²) >= 11 is 0. The molecular weight excluding hydrogens is 276 g/mol. The lowest BCUT2D eigenvalue weighted by Gasteiger charge is -2.18. The predicted octanol–water partition coefficient (Wildman–Crippen LogP) is 1.85. The van der Waals surface area contributed by atoms with Gasteiger partial charge in [-0.15, -0.1) is 0 Å². The van der Waals surface area contributed by atoms with E-state index in [2.05, 4.69) is 0 Å². The Labute approximate surface area is 120 Å². The van der Waals surface area contributed by atoms with Gasteiger partial charge in [-0.1, -0.05) is 30.3 Å². The van der Waals surface area contributed by atoms with Gasteiger partial charge in [0.15, 0.2) is 0 Å². The number of hydrogen-bond acceptors (Lipinski definition) is 4. The van der Waals surface area contributed by atoms with E-state index in [1.807, 2.05) is 36.4 Å². The molecule has 0 aliphatic rings. The van der Waals surface area contributed by atoms with Gasteiger partial charge in [0, 0.05) is 32.0 Å². The highest BCUT2D eigenvalue weighted by molar-refractivity contribution is 7.92. The standard InChI is InChI=1S/C14H18N2O3S/c1-19-12-11-16(10-5-9-15)20(17,18)13-8-14-6-3-2-4-7-14/h2-4,6-8,13H,5,10-12H2,1H3. The van der Waals surface area contributed by atoms with Gasteiger partial charge >= 0.3 is 0 Å². The molecule has 0 fully saturated rings. The van der Waals surface area contributed by atoms with E-state index >= 15 is 0 Å². The molecule has 0 aliphatic carbocycles. The van der Waals surface area contributed by atoms with Crippen LogP contribution < -0.4 is 0 Å². The van der Waals surface area contributed by atoms with Crippen LogP contribution in [0, 0.1) is 11.3 Å². The van der Waals surface area contributed by atoms with Crippen LogP contribution in [0.3, 0.4) is 0 Å². The molecule has 0 atom stereocenters. The molecule has 0 unspecified atom stereocenters. The predicted molar refractivity (Wildman–Crippen MR) is 78.1 cm³/mol. The third-order valence-corrected chi connectivity index (χ3v) is 4.17. The normalized spacial score (nSPS) is 11.8. The van der Waals surface area contributed by atoms with Gasteiger partial charge < -0.3 is 4.74 Å². The average Bonchev–Trinajstić information content (AvgIpc) is 2.46. The van der Waals surface area contributed by atoms with Crippen molar-refractivity contribution in [1.82, 2.24) is 4.31 Å². The zero-order valence-electron chi connectivity index (χ0n) is 11.4. The number of sulfonamides is 1. The van der Waals surface area contributed by atoms with E-state index in [9.17, 15) is 8.42 Å². The first kappa shape index (κ1) is 16.4. The second-order valence-corrected chi connectivity index (χ2v) is 5.88. The number of benzene rings is 1. The van der Waals surface area contributed by atoms with E-state index in [1.54, 1.807) is 6.08 Å². The van der Waals surface area contributed by atoms with Crippen molar-refractivity contribution in [3.05, 3.63) is 41.3 Å². The SMILES string of the molecule is COCCN(CCC#N)S(=O)(=O)C=Cc1ccccc1. The molecule has 5 nitrogen and oxygen atoms in total. The summed E-state index contributed by atoms with van der Waals surface area (Å²) in [5.41, 5.74) is 0.808.